The van der Waals surface area contributed by atoms with Crippen molar-refractivity contribution >= 4 is 23.4 Å². The summed E-state index contributed by atoms with van der Waals surface area (Å²) in [6, 6.07) is 13.7. The van der Waals surface area contributed by atoms with Crippen LogP contribution in [-0.2, 0) is 4.79 Å². The van der Waals surface area contributed by atoms with Gasteiger partial charge in [0.2, 0.25) is 0 Å². The number of nitriles is 1. The fourth-order valence-corrected chi connectivity index (χ4v) is 2.40. The number of nitrogens with zero attached hydrogens (tertiary/aromatic N) is 2. The molecule has 0 aliphatic heterocycles. The van der Waals surface area contributed by atoms with Gasteiger partial charge in [0.1, 0.15) is 11.6 Å². The number of anilines is 1. The number of rotatable bonds is 5. The second-order valence-corrected chi connectivity index (χ2v) is 5.59. The molecule has 0 bridgehead atoms. The van der Waals surface area contributed by atoms with Gasteiger partial charge in [-0.15, -0.1) is 0 Å². The van der Waals surface area contributed by atoms with Crippen LogP contribution in [0.25, 0.3) is 6.08 Å². The number of aryl methyl sites for hydroxylation is 2. The second kappa shape index (κ2) is 8.40. The summed E-state index contributed by atoms with van der Waals surface area (Å²) in [6.07, 6.45) is 4.27. The lowest BCUT2D eigenvalue weighted by molar-refractivity contribution is -0.385. The number of hydrogen-bond acceptors (Lipinski definition) is 4. The molecule has 0 saturated carbocycles. The number of nitrogens with one attached hydrogen (secondary N) is 1. The number of para-hydroxylation sites is 2. The summed E-state index contributed by atoms with van der Waals surface area (Å²) in [6.45, 7) is 3.74. The molecule has 2 aromatic carbocycles. The molecule has 2 aromatic rings. The first-order valence-corrected chi connectivity index (χ1v) is 7.83. The zero-order valence-corrected chi connectivity index (χ0v) is 14.4. The van der Waals surface area contributed by atoms with Crippen LogP contribution in [0.2, 0.25) is 0 Å². The van der Waals surface area contributed by atoms with Crippen LogP contribution in [0, 0.1) is 35.3 Å². The average Bonchev–Trinajstić information content (AvgIpc) is 2.62. The van der Waals surface area contributed by atoms with Crippen LogP contribution in [0.4, 0.5) is 11.4 Å². The summed E-state index contributed by atoms with van der Waals surface area (Å²) < 4.78 is 0. The van der Waals surface area contributed by atoms with E-state index in [1.807, 2.05) is 38.1 Å². The zero-order chi connectivity index (χ0) is 19.1. The Hall–Kier alpha value is -3.72. The molecule has 0 spiro atoms. The maximum Gasteiger partial charge on any atom is 0.276 e. The Morgan fingerprint density at radius 2 is 1.81 bits per heavy atom. The van der Waals surface area contributed by atoms with Gasteiger partial charge in [-0.3, -0.25) is 14.9 Å². The van der Waals surface area contributed by atoms with Gasteiger partial charge in [0.15, 0.2) is 0 Å². The number of carbonyl (C=O) groups is 1. The van der Waals surface area contributed by atoms with Gasteiger partial charge in [-0.05, 0) is 43.2 Å². The Morgan fingerprint density at radius 1 is 1.15 bits per heavy atom. The van der Waals surface area contributed by atoms with Crippen molar-refractivity contribution in [3.8, 4) is 6.07 Å². The monoisotopic (exact) mass is 347 g/mol. The van der Waals surface area contributed by atoms with Crippen molar-refractivity contribution in [1.82, 2.24) is 0 Å². The molecule has 0 aromatic heterocycles. The van der Waals surface area contributed by atoms with Gasteiger partial charge in [0, 0.05) is 11.8 Å². The molecule has 0 saturated heterocycles. The highest BCUT2D eigenvalue weighted by Gasteiger charge is 2.12. The molecule has 0 radical (unpaired) electrons. The lowest BCUT2D eigenvalue weighted by atomic mass is 10.1. The van der Waals surface area contributed by atoms with Gasteiger partial charge in [-0.25, -0.2) is 0 Å². The number of nitro groups is 1. The summed E-state index contributed by atoms with van der Waals surface area (Å²) in [7, 11) is 0. The molecule has 0 aliphatic rings. The van der Waals surface area contributed by atoms with Crippen molar-refractivity contribution in [2.45, 2.75) is 13.8 Å². The van der Waals surface area contributed by atoms with E-state index in [1.165, 1.54) is 24.3 Å². The van der Waals surface area contributed by atoms with E-state index in [2.05, 4.69) is 5.32 Å². The van der Waals surface area contributed by atoms with Crippen molar-refractivity contribution in [1.29, 1.82) is 5.26 Å². The lowest BCUT2D eigenvalue weighted by Crippen LogP contribution is -2.15. The van der Waals surface area contributed by atoms with Crippen molar-refractivity contribution in [3.05, 3.63) is 87.0 Å². The second-order valence-electron chi connectivity index (χ2n) is 5.59. The molecule has 0 heterocycles. The van der Waals surface area contributed by atoms with Gasteiger partial charge in [-0.2, -0.15) is 5.26 Å². The molecule has 1 amide bonds. The first-order valence-electron chi connectivity index (χ1n) is 7.83. The highest BCUT2D eigenvalue weighted by atomic mass is 16.6. The predicted octanol–water partition coefficient (Wildman–Crippen LogP) is 4.31. The zero-order valence-electron chi connectivity index (χ0n) is 14.4. The third kappa shape index (κ3) is 4.42. The molecule has 130 valence electrons. The fraction of sp³-hybridized carbons (Fsp3) is 0.100. The first-order chi connectivity index (χ1) is 12.4. The Morgan fingerprint density at radius 3 is 2.42 bits per heavy atom. The van der Waals surface area contributed by atoms with Gasteiger partial charge in [0.25, 0.3) is 11.6 Å². The number of benzene rings is 2. The summed E-state index contributed by atoms with van der Waals surface area (Å²) in [5.41, 5.74) is 2.71. The minimum atomic E-state index is -0.530. The van der Waals surface area contributed by atoms with Gasteiger partial charge >= 0.3 is 0 Å². The van der Waals surface area contributed by atoms with E-state index >= 15 is 0 Å². The van der Waals surface area contributed by atoms with Crippen molar-refractivity contribution in [2.75, 3.05) is 5.32 Å². The number of allylic oxidation sites excluding steroid dienone is 2. The van der Waals surface area contributed by atoms with Crippen molar-refractivity contribution in [2.24, 2.45) is 0 Å². The molecular formula is C20H17N3O3. The Balaban J connectivity index is 2.22. The third-order valence-corrected chi connectivity index (χ3v) is 3.76. The molecule has 0 unspecified atom stereocenters. The van der Waals surface area contributed by atoms with Crippen LogP contribution in [0.5, 0.6) is 0 Å². The summed E-state index contributed by atoms with van der Waals surface area (Å²) >= 11 is 0. The Labute approximate surface area is 151 Å². The average molecular weight is 347 g/mol. The van der Waals surface area contributed by atoms with Gasteiger partial charge in [-0.1, -0.05) is 36.4 Å². The smallest absolute Gasteiger partial charge is 0.276 e. The minimum absolute atomic E-state index is 0.0457. The highest BCUT2D eigenvalue weighted by Crippen LogP contribution is 2.21. The Bertz CT molecular complexity index is 933. The number of amides is 1. The molecule has 2 rings (SSSR count). The molecule has 0 fully saturated rings. The quantitative estimate of drug-likeness (QED) is 0.286. The van der Waals surface area contributed by atoms with E-state index in [4.69, 9.17) is 0 Å². The van der Waals surface area contributed by atoms with E-state index in [-0.39, 0.29) is 11.3 Å². The summed E-state index contributed by atoms with van der Waals surface area (Å²) in [4.78, 5) is 22.8. The molecule has 6 nitrogen and oxygen atoms in total. The lowest BCUT2D eigenvalue weighted by Gasteiger charge is -2.10. The Kier molecular flexibility index (Phi) is 6.01. The van der Waals surface area contributed by atoms with E-state index in [0.717, 1.165) is 11.1 Å². The molecule has 26 heavy (non-hydrogen) atoms. The van der Waals surface area contributed by atoms with Gasteiger partial charge in [0.05, 0.1) is 10.5 Å². The maximum atomic E-state index is 12.3. The minimum Gasteiger partial charge on any atom is -0.321 e. The number of hydrogen-bond donors (Lipinski definition) is 1. The SMILES string of the molecule is Cc1cccc(C)c1NC(=O)/C(C#N)=C/C=C/c1ccccc1[N+](=O)[O-]. The standard InChI is InChI=1S/C20H17N3O3/c1-14-7-5-8-15(2)19(14)22-20(24)17(13-21)11-6-10-16-9-3-4-12-18(16)23(25)26/h3-12H,1-2H3,(H,22,24)/b10-6+,17-11+. The maximum absolute atomic E-state index is 12.3. The number of nitro benzene ring substituents is 1. The molecule has 1 N–H and O–H groups in total. The van der Waals surface area contributed by atoms with Crippen LogP contribution in [0.15, 0.2) is 60.2 Å². The van der Waals surface area contributed by atoms with Crippen molar-refractivity contribution < 1.29 is 9.72 Å². The normalized spacial score (nSPS) is 11.2. The predicted molar refractivity (Wildman–Crippen MR) is 100 cm³/mol. The largest absolute Gasteiger partial charge is 0.321 e. The van der Waals surface area contributed by atoms with Crippen molar-refractivity contribution in [3.63, 3.8) is 0 Å². The van der Waals surface area contributed by atoms with Crippen LogP contribution >= 0.6 is 0 Å². The first kappa shape index (κ1) is 18.6. The van der Waals surface area contributed by atoms with Crippen LogP contribution < -0.4 is 5.32 Å². The summed E-state index contributed by atoms with van der Waals surface area (Å²) in [5, 5.41) is 23.0. The van der Waals surface area contributed by atoms with Crippen LogP contribution in [0.3, 0.4) is 0 Å². The van der Waals surface area contributed by atoms with Crippen LogP contribution in [0.1, 0.15) is 16.7 Å². The summed E-state index contributed by atoms with van der Waals surface area (Å²) in [5.74, 6) is -0.530. The third-order valence-electron chi connectivity index (χ3n) is 3.76. The van der Waals surface area contributed by atoms with E-state index < -0.39 is 10.8 Å². The molecule has 0 atom stereocenters. The van der Waals surface area contributed by atoms with E-state index in [1.54, 1.807) is 18.2 Å². The van der Waals surface area contributed by atoms with E-state index in [0.29, 0.717) is 11.3 Å². The fourth-order valence-electron chi connectivity index (χ4n) is 2.40. The topological polar surface area (TPSA) is 96.0 Å². The van der Waals surface area contributed by atoms with E-state index in [9.17, 15) is 20.2 Å². The molecule has 6 heteroatoms. The molecular weight excluding hydrogens is 330 g/mol. The van der Waals surface area contributed by atoms with Gasteiger partial charge < -0.3 is 5.32 Å². The highest BCUT2D eigenvalue weighted by molar-refractivity contribution is 6.07. The molecule has 0 aliphatic carbocycles. The van der Waals surface area contributed by atoms with Crippen LogP contribution in [-0.4, -0.2) is 10.8 Å². The number of carbonyl (C=O) groups excluding carboxylic acids is 1.